The molecule has 1 unspecified atom stereocenters. The van der Waals surface area contributed by atoms with Crippen LogP contribution < -0.4 is 0 Å². The molecule has 0 saturated carbocycles. The highest BCUT2D eigenvalue weighted by atomic mass is 16.5. The lowest BCUT2D eigenvalue weighted by Crippen LogP contribution is -2.53. The Labute approximate surface area is 161 Å². The number of ether oxygens (including phenoxy) is 1. The molecule has 0 aromatic carbocycles. The minimum atomic E-state index is -0.0626. The minimum absolute atomic E-state index is 0.0441. The highest BCUT2D eigenvalue weighted by Crippen LogP contribution is 2.11. The SMILES string of the molecule is CC(C)N1CC(O)C1.CC(C)N1CCC(O)C1.CC(C)N1CCOCC1. The summed E-state index contributed by atoms with van der Waals surface area (Å²) in [7, 11) is 0. The molecule has 3 heterocycles. The Morgan fingerprint density at radius 3 is 1.35 bits per heavy atom. The maximum atomic E-state index is 9.11. The summed E-state index contributed by atoms with van der Waals surface area (Å²) < 4.78 is 5.21. The van der Waals surface area contributed by atoms with Gasteiger partial charge in [0.1, 0.15) is 0 Å². The normalized spacial score (nSPS) is 25.7. The molecule has 0 aliphatic carbocycles. The Balaban J connectivity index is 0.000000195. The molecule has 3 fully saturated rings. The van der Waals surface area contributed by atoms with E-state index < -0.39 is 0 Å². The van der Waals surface area contributed by atoms with E-state index in [-0.39, 0.29) is 12.2 Å². The highest BCUT2D eigenvalue weighted by Gasteiger charge is 2.25. The molecule has 1 atom stereocenters. The van der Waals surface area contributed by atoms with Crippen molar-refractivity contribution < 1.29 is 14.9 Å². The van der Waals surface area contributed by atoms with Crippen LogP contribution in [0.15, 0.2) is 0 Å². The Morgan fingerprint density at radius 1 is 0.654 bits per heavy atom. The maximum Gasteiger partial charge on any atom is 0.0794 e. The average Bonchev–Trinajstić information content (AvgIpc) is 3.00. The molecule has 3 aliphatic rings. The van der Waals surface area contributed by atoms with Gasteiger partial charge in [-0.1, -0.05) is 0 Å². The molecule has 0 aromatic rings. The van der Waals surface area contributed by atoms with Gasteiger partial charge in [-0.2, -0.15) is 0 Å². The highest BCUT2D eigenvalue weighted by molar-refractivity contribution is 4.80. The van der Waals surface area contributed by atoms with Crippen molar-refractivity contribution in [3.8, 4) is 0 Å². The van der Waals surface area contributed by atoms with Crippen LogP contribution in [0.2, 0.25) is 0 Å². The van der Waals surface area contributed by atoms with E-state index in [4.69, 9.17) is 14.9 Å². The molecule has 0 amide bonds. The summed E-state index contributed by atoms with van der Waals surface area (Å²) in [5.41, 5.74) is 0. The summed E-state index contributed by atoms with van der Waals surface area (Å²) >= 11 is 0. The number of hydrogen-bond acceptors (Lipinski definition) is 6. The Bertz CT molecular complexity index is 345. The van der Waals surface area contributed by atoms with Gasteiger partial charge in [-0.15, -0.1) is 0 Å². The molecule has 26 heavy (non-hydrogen) atoms. The van der Waals surface area contributed by atoms with E-state index in [0.29, 0.717) is 18.1 Å². The lowest BCUT2D eigenvalue weighted by atomic mass is 10.1. The van der Waals surface area contributed by atoms with Crippen molar-refractivity contribution in [3.63, 3.8) is 0 Å². The zero-order chi connectivity index (χ0) is 19.7. The summed E-state index contributed by atoms with van der Waals surface area (Å²) in [5.74, 6) is 0. The largest absolute Gasteiger partial charge is 0.392 e. The van der Waals surface area contributed by atoms with Crippen LogP contribution in [-0.4, -0.2) is 108 Å². The third kappa shape index (κ3) is 9.11. The van der Waals surface area contributed by atoms with Gasteiger partial charge in [0.05, 0.1) is 25.4 Å². The summed E-state index contributed by atoms with van der Waals surface area (Å²) in [4.78, 5) is 6.97. The van der Waals surface area contributed by atoms with Crippen LogP contribution in [0.4, 0.5) is 0 Å². The van der Waals surface area contributed by atoms with E-state index in [1.165, 1.54) is 0 Å². The topological polar surface area (TPSA) is 59.4 Å². The van der Waals surface area contributed by atoms with Gasteiger partial charge in [0.25, 0.3) is 0 Å². The second-order valence-electron chi connectivity index (χ2n) is 8.47. The van der Waals surface area contributed by atoms with Crippen molar-refractivity contribution in [1.29, 1.82) is 0 Å². The third-order valence-electron chi connectivity index (χ3n) is 5.32. The zero-order valence-corrected chi connectivity index (χ0v) is 17.9. The number of hydrogen-bond donors (Lipinski definition) is 2. The first kappa shape index (κ1) is 23.8. The molecule has 0 aromatic heterocycles. The smallest absolute Gasteiger partial charge is 0.0794 e. The van der Waals surface area contributed by atoms with E-state index in [9.17, 15) is 0 Å². The van der Waals surface area contributed by atoms with Crippen LogP contribution in [0.25, 0.3) is 0 Å². The van der Waals surface area contributed by atoms with Crippen molar-refractivity contribution in [2.24, 2.45) is 0 Å². The molecule has 0 radical (unpaired) electrons. The molecule has 3 aliphatic heterocycles. The van der Waals surface area contributed by atoms with Gasteiger partial charge in [-0.25, -0.2) is 0 Å². The first-order valence-corrected chi connectivity index (χ1v) is 10.4. The van der Waals surface area contributed by atoms with Gasteiger partial charge in [-0.05, 0) is 48.0 Å². The van der Waals surface area contributed by atoms with E-state index >= 15 is 0 Å². The second-order valence-corrected chi connectivity index (χ2v) is 8.47. The molecule has 156 valence electrons. The number of β-amino-alcohol motifs (C(OH)–C–C–N with tert-alkyl or cyclic N) is 2. The second kappa shape index (κ2) is 12.3. The van der Waals surface area contributed by atoms with Gasteiger partial charge < -0.3 is 14.9 Å². The quantitative estimate of drug-likeness (QED) is 0.777. The van der Waals surface area contributed by atoms with Crippen LogP contribution in [0.3, 0.4) is 0 Å². The Hall–Kier alpha value is -0.240. The molecule has 2 N–H and O–H groups in total. The van der Waals surface area contributed by atoms with E-state index in [2.05, 4.69) is 56.2 Å². The molecule has 6 heteroatoms. The monoisotopic (exact) mass is 373 g/mol. The van der Waals surface area contributed by atoms with Crippen LogP contribution >= 0.6 is 0 Å². The summed E-state index contributed by atoms with van der Waals surface area (Å²) in [5, 5.41) is 17.9. The molecule has 3 rings (SSSR count). The van der Waals surface area contributed by atoms with Crippen LogP contribution in [0, 0.1) is 0 Å². The van der Waals surface area contributed by atoms with E-state index in [1.807, 2.05) is 0 Å². The van der Waals surface area contributed by atoms with Crippen LogP contribution in [0.1, 0.15) is 48.0 Å². The third-order valence-corrected chi connectivity index (χ3v) is 5.32. The predicted molar refractivity (Wildman–Crippen MR) is 108 cm³/mol. The number of nitrogens with zero attached hydrogens (tertiary/aromatic N) is 3. The van der Waals surface area contributed by atoms with Gasteiger partial charge in [0.2, 0.25) is 0 Å². The van der Waals surface area contributed by atoms with Gasteiger partial charge >= 0.3 is 0 Å². The van der Waals surface area contributed by atoms with Crippen LogP contribution in [-0.2, 0) is 4.74 Å². The van der Waals surface area contributed by atoms with Crippen molar-refractivity contribution in [3.05, 3.63) is 0 Å². The average molecular weight is 374 g/mol. The first-order chi connectivity index (χ1) is 12.2. The summed E-state index contributed by atoms with van der Waals surface area (Å²) in [6, 6.07) is 1.90. The summed E-state index contributed by atoms with van der Waals surface area (Å²) in [6.45, 7) is 20.8. The fraction of sp³-hybridized carbons (Fsp3) is 1.00. The number of aliphatic hydroxyl groups is 2. The van der Waals surface area contributed by atoms with Gasteiger partial charge in [0.15, 0.2) is 0 Å². The van der Waals surface area contributed by atoms with E-state index in [1.54, 1.807) is 0 Å². The number of morpholine rings is 1. The van der Waals surface area contributed by atoms with Gasteiger partial charge in [-0.3, -0.25) is 14.7 Å². The van der Waals surface area contributed by atoms with Crippen molar-refractivity contribution in [1.82, 2.24) is 14.7 Å². The fourth-order valence-corrected chi connectivity index (χ4v) is 3.24. The lowest BCUT2D eigenvalue weighted by Gasteiger charge is -2.38. The molecule has 3 saturated heterocycles. The van der Waals surface area contributed by atoms with E-state index in [0.717, 1.165) is 58.9 Å². The molecule has 6 nitrogen and oxygen atoms in total. The lowest BCUT2D eigenvalue weighted by molar-refractivity contribution is -0.0161. The first-order valence-electron chi connectivity index (χ1n) is 10.4. The van der Waals surface area contributed by atoms with Crippen molar-refractivity contribution in [2.45, 2.75) is 78.3 Å². The molecule has 0 bridgehead atoms. The number of likely N-dealkylation sites (tertiary alicyclic amines) is 2. The number of aliphatic hydroxyl groups excluding tert-OH is 2. The Kier molecular flexibility index (Phi) is 11.2. The molecule has 0 spiro atoms. The fourth-order valence-electron chi connectivity index (χ4n) is 3.24. The van der Waals surface area contributed by atoms with Gasteiger partial charge in [0, 0.05) is 57.4 Å². The minimum Gasteiger partial charge on any atom is -0.392 e. The zero-order valence-electron chi connectivity index (χ0n) is 17.9. The van der Waals surface area contributed by atoms with Crippen molar-refractivity contribution in [2.75, 3.05) is 52.5 Å². The predicted octanol–water partition coefficient (Wildman–Crippen LogP) is 1.26. The standard InChI is InChI=1S/2C7H15NO.C6H13NO/c1-7(2)8-3-5-9-6-4-8;1-6(2)8-4-3-7(9)5-8;1-5(2)7-3-6(8)4-7/h7H,3-6H2,1-2H3;6-7,9H,3-5H2,1-2H3;5-6,8H,3-4H2,1-2H3. The molecular formula is C20H43N3O3. The maximum absolute atomic E-state index is 9.11. The molecular weight excluding hydrogens is 330 g/mol. The summed E-state index contributed by atoms with van der Waals surface area (Å²) in [6.07, 6.45) is 0.850. The van der Waals surface area contributed by atoms with Crippen LogP contribution in [0.5, 0.6) is 0 Å². The Morgan fingerprint density at radius 2 is 1.12 bits per heavy atom. The number of rotatable bonds is 3. The van der Waals surface area contributed by atoms with Crippen molar-refractivity contribution >= 4 is 0 Å².